The molecule has 1 atom stereocenters. The smallest absolute Gasteiger partial charge is 0.263 e. The summed E-state index contributed by atoms with van der Waals surface area (Å²) in [4.78, 5) is 40.5. The van der Waals surface area contributed by atoms with Crippen LogP contribution in [0.4, 0.5) is 5.69 Å². The van der Waals surface area contributed by atoms with Crippen LogP contribution in [-0.4, -0.2) is 68.1 Å². The molecule has 0 bridgehead atoms. The maximum Gasteiger partial charge on any atom is 0.263 e. The van der Waals surface area contributed by atoms with E-state index in [0.717, 1.165) is 44.7 Å². The van der Waals surface area contributed by atoms with Gasteiger partial charge in [-0.15, -0.1) is 0 Å². The quantitative estimate of drug-likeness (QED) is 0.0637. The average Bonchev–Trinajstić information content (AvgIpc) is 3.80. The first-order valence-electron chi connectivity index (χ1n) is 19.1. The van der Waals surface area contributed by atoms with Gasteiger partial charge in [-0.05, 0) is 75.4 Å². The fourth-order valence-corrected chi connectivity index (χ4v) is 6.65. The number of benzene rings is 1. The molecular weight excluding hydrogens is 590 g/mol. The molecule has 47 heavy (non-hydrogen) atoms. The van der Waals surface area contributed by atoms with Crippen LogP contribution in [-0.2, 0) is 14.4 Å². The van der Waals surface area contributed by atoms with Gasteiger partial charge in [0.05, 0.1) is 6.61 Å². The monoisotopic (exact) mass is 656 g/mol. The van der Waals surface area contributed by atoms with Crippen molar-refractivity contribution in [2.45, 2.75) is 142 Å². The van der Waals surface area contributed by atoms with Crippen LogP contribution in [0.1, 0.15) is 135 Å². The molecule has 3 rings (SSSR count). The highest BCUT2D eigenvalue weighted by Crippen LogP contribution is 2.28. The first-order chi connectivity index (χ1) is 23.0. The minimum Gasteiger partial charge on any atom is -0.494 e. The van der Waals surface area contributed by atoms with Gasteiger partial charge < -0.3 is 30.9 Å². The van der Waals surface area contributed by atoms with E-state index in [-0.39, 0.29) is 17.7 Å². The summed E-state index contributed by atoms with van der Waals surface area (Å²) >= 11 is 0. The van der Waals surface area contributed by atoms with Crippen molar-refractivity contribution in [1.29, 1.82) is 0 Å². The van der Waals surface area contributed by atoms with Gasteiger partial charge >= 0.3 is 0 Å². The Labute approximate surface area is 285 Å². The molecule has 2 fully saturated rings. The molecule has 1 saturated carbocycles. The number of amides is 3. The number of rotatable bonds is 26. The van der Waals surface area contributed by atoms with Gasteiger partial charge in [0.1, 0.15) is 5.75 Å². The molecule has 0 aromatic heterocycles. The van der Waals surface area contributed by atoms with E-state index in [1.54, 1.807) is 0 Å². The molecule has 1 aromatic carbocycles. The molecule has 3 amide bonds. The van der Waals surface area contributed by atoms with E-state index in [4.69, 9.17) is 4.74 Å². The minimum atomic E-state index is -0.852. The summed E-state index contributed by atoms with van der Waals surface area (Å²) in [6.07, 6.45) is 21.8. The van der Waals surface area contributed by atoms with E-state index in [9.17, 15) is 14.4 Å². The molecule has 1 aromatic rings. The molecule has 1 heterocycles. The normalized spacial score (nSPS) is 15.8. The fourth-order valence-electron chi connectivity index (χ4n) is 6.65. The van der Waals surface area contributed by atoms with Crippen LogP contribution >= 0.6 is 0 Å². The number of carbonyl (C=O) groups is 3. The van der Waals surface area contributed by atoms with Crippen LogP contribution in [0.15, 0.2) is 24.3 Å². The summed E-state index contributed by atoms with van der Waals surface area (Å²) in [7, 11) is 0. The molecule has 266 valence electrons. The molecule has 0 spiro atoms. The second-order valence-corrected chi connectivity index (χ2v) is 13.7. The maximum atomic E-state index is 13.1. The summed E-state index contributed by atoms with van der Waals surface area (Å²) < 4.78 is 5.86. The topological polar surface area (TPSA) is 112 Å². The Bertz CT molecular complexity index is 992. The number of hydrogen-bond acceptors (Lipinski definition) is 6. The molecule has 4 N–H and O–H groups in total. The van der Waals surface area contributed by atoms with Crippen molar-refractivity contribution in [2.24, 2.45) is 5.92 Å². The number of ether oxygens (including phenoxy) is 1. The van der Waals surface area contributed by atoms with E-state index in [0.29, 0.717) is 44.1 Å². The number of hydrogen-bond donors (Lipinski definition) is 4. The first kappa shape index (κ1) is 38.6. The maximum absolute atomic E-state index is 13.1. The Kier molecular flexibility index (Phi) is 20.0. The van der Waals surface area contributed by atoms with Crippen molar-refractivity contribution in [3.05, 3.63) is 24.3 Å². The summed E-state index contributed by atoms with van der Waals surface area (Å²) in [6, 6.07) is 7.39. The standard InChI is InChI=1S/C38H65N5O4/c1-2-3-4-5-6-7-8-9-10-13-26-39-35(44)19-16-31-47-34-23-21-33(22-24-34)41-37(38(46)40-27-30-43-28-14-15-29-43)42-36(45)25-20-32-17-11-12-18-32/h21-24,32,37,41H,2-20,25-31H2,1H3,(H,39,44)(H,40,46)(H,42,45). The number of nitrogens with zero attached hydrogens (tertiary/aromatic N) is 1. The third kappa shape index (κ3) is 17.8. The highest BCUT2D eigenvalue weighted by Gasteiger charge is 2.23. The largest absolute Gasteiger partial charge is 0.494 e. The van der Waals surface area contributed by atoms with Crippen molar-refractivity contribution in [2.75, 3.05) is 44.6 Å². The van der Waals surface area contributed by atoms with E-state index >= 15 is 0 Å². The van der Waals surface area contributed by atoms with Gasteiger partial charge in [0.25, 0.3) is 5.91 Å². The second kappa shape index (κ2) is 24.3. The van der Waals surface area contributed by atoms with Gasteiger partial charge in [-0.25, -0.2) is 0 Å². The Morgan fingerprint density at radius 1 is 0.766 bits per heavy atom. The third-order valence-corrected chi connectivity index (χ3v) is 9.58. The fraction of sp³-hybridized carbons (Fsp3) is 0.763. The van der Waals surface area contributed by atoms with Gasteiger partial charge in [-0.2, -0.15) is 0 Å². The summed E-state index contributed by atoms with van der Waals surface area (Å²) in [5, 5.41) is 12.2. The van der Waals surface area contributed by atoms with Crippen LogP contribution in [0.2, 0.25) is 0 Å². The van der Waals surface area contributed by atoms with Gasteiger partial charge in [0, 0.05) is 38.2 Å². The molecule has 2 aliphatic rings. The first-order valence-corrected chi connectivity index (χ1v) is 19.1. The number of likely N-dealkylation sites (tertiary alicyclic amines) is 1. The van der Waals surface area contributed by atoms with Crippen molar-refractivity contribution >= 4 is 23.4 Å². The van der Waals surface area contributed by atoms with Crippen molar-refractivity contribution in [3.8, 4) is 5.75 Å². The van der Waals surface area contributed by atoms with Crippen LogP contribution in [0.25, 0.3) is 0 Å². The average molecular weight is 656 g/mol. The van der Waals surface area contributed by atoms with E-state index in [1.807, 2.05) is 24.3 Å². The molecule has 1 unspecified atom stereocenters. The predicted octanol–water partition coefficient (Wildman–Crippen LogP) is 6.92. The second-order valence-electron chi connectivity index (χ2n) is 13.7. The molecular formula is C38H65N5O4. The van der Waals surface area contributed by atoms with Crippen molar-refractivity contribution < 1.29 is 19.1 Å². The third-order valence-electron chi connectivity index (χ3n) is 9.58. The van der Waals surface area contributed by atoms with Gasteiger partial charge in [-0.1, -0.05) is 90.4 Å². The highest BCUT2D eigenvalue weighted by atomic mass is 16.5. The molecule has 1 saturated heterocycles. The van der Waals surface area contributed by atoms with Crippen molar-refractivity contribution in [1.82, 2.24) is 20.9 Å². The van der Waals surface area contributed by atoms with E-state index in [2.05, 4.69) is 33.1 Å². The zero-order valence-corrected chi connectivity index (χ0v) is 29.4. The summed E-state index contributed by atoms with van der Waals surface area (Å²) in [5.41, 5.74) is 0.722. The summed E-state index contributed by atoms with van der Waals surface area (Å²) in [6.45, 7) is 7.00. The Morgan fingerprint density at radius 2 is 1.43 bits per heavy atom. The van der Waals surface area contributed by atoms with Gasteiger partial charge in [-0.3, -0.25) is 14.4 Å². The Morgan fingerprint density at radius 3 is 2.11 bits per heavy atom. The lowest BCUT2D eigenvalue weighted by Crippen LogP contribution is -2.52. The van der Waals surface area contributed by atoms with Crippen molar-refractivity contribution in [3.63, 3.8) is 0 Å². The number of nitrogens with one attached hydrogen (secondary N) is 4. The lowest BCUT2D eigenvalue weighted by atomic mass is 10.0. The van der Waals surface area contributed by atoms with Crippen LogP contribution in [0.5, 0.6) is 5.75 Å². The number of anilines is 1. The SMILES string of the molecule is CCCCCCCCCCCCNC(=O)CCCOc1ccc(NC(NC(=O)CCC2CCCC2)C(=O)NCCN2CCCC2)cc1. The molecule has 1 aliphatic carbocycles. The molecule has 9 heteroatoms. The van der Waals surface area contributed by atoms with Crippen LogP contribution in [0, 0.1) is 5.92 Å². The van der Waals surface area contributed by atoms with Crippen LogP contribution < -0.4 is 26.0 Å². The Hall–Kier alpha value is -2.81. The van der Waals surface area contributed by atoms with E-state index < -0.39 is 6.17 Å². The molecule has 1 aliphatic heterocycles. The minimum absolute atomic E-state index is 0.0825. The lowest BCUT2D eigenvalue weighted by molar-refractivity contribution is -0.128. The summed E-state index contributed by atoms with van der Waals surface area (Å²) in [5.74, 6) is 1.08. The van der Waals surface area contributed by atoms with Gasteiger partial charge in [0.15, 0.2) is 6.17 Å². The molecule has 9 nitrogen and oxygen atoms in total. The zero-order chi connectivity index (χ0) is 33.4. The number of unbranched alkanes of at least 4 members (excludes halogenated alkanes) is 9. The van der Waals surface area contributed by atoms with E-state index in [1.165, 1.54) is 96.3 Å². The predicted molar refractivity (Wildman–Crippen MR) is 191 cm³/mol. The zero-order valence-electron chi connectivity index (χ0n) is 29.4. The Balaban J connectivity index is 1.30. The van der Waals surface area contributed by atoms with Gasteiger partial charge in [0.2, 0.25) is 11.8 Å². The number of carbonyl (C=O) groups excluding carboxylic acids is 3. The highest BCUT2D eigenvalue weighted by molar-refractivity contribution is 5.89. The lowest BCUT2D eigenvalue weighted by Gasteiger charge is -2.22. The van der Waals surface area contributed by atoms with Crippen LogP contribution in [0.3, 0.4) is 0 Å². The molecule has 0 radical (unpaired) electrons.